The second-order valence-electron chi connectivity index (χ2n) is 7.81. The zero-order valence-electron chi connectivity index (χ0n) is 16.8. The highest BCUT2D eigenvalue weighted by molar-refractivity contribution is 7.92. The van der Waals surface area contributed by atoms with Crippen LogP contribution in [0.3, 0.4) is 0 Å². The van der Waals surface area contributed by atoms with Crippen molar-refractivity contribution in [3.05, 3.63) is 54.2 Å². The van der Waals surface area contributed by atoms with E-state index in [1.807, 2.05) is 59.9 Å². The average molecular weight is 423 g/mol. The van der Waals surface area contributed by atoms with Gasteiger partial charge in [0.1, 0.15) is 17.1 Å². The summed E-state index contributed by atoms with van der Waals surface area (Å²) < 4.78 is 34.4. The van der Waals surface area contributed by atoms with E-state index in [4.69, 9.17) is 9.72 Å². The van der Waals surface area contributed by atoms with Gasteiger partial charge < -0.3 is 4.74 Å². The third-order valence-electron chi connectivity index (χ3n) is 5.19. The van der Waals surface area contributed by atoms with Crippen LogP contribution in [0.25, 0.3) is 27.9 Å². The number of imidazole rings is 1. The Kier molecular flexibility index (Phi) is 4.39. The summed E-state index contributed by atoms with van der Waals surface area (Å²) in [6.45, 7) is 2.57. The number of nitrogens with one attached hydrogen (secondary N) is 1. The van der Waals surface area contributed by atoms with Crippen LogP contribution in [-0.4, -0.2) is 35.6 Å². The Morgan fingerprint density at radius 2 is 1.90 bits per heavy atom. The maximum atomic E-state index is 12.0. The highest BCUT2D eigenvalue weighted by atomic mass is 32.2. The molecule has 8 heteroatoms. The third kappa shape index (κ3) is 3.59. The summed E-state index contributed by atoms with van der Waals surface area (Å²) in [4.78, 5) is 9.36. The van der Waals surface area contributed by atoms with Crippen molar-refractivity contribution in [3.8, 4) is 17.1 Å². The molecule has 2 aromatic heterocycles. The smallest absolute Gasteiger partial charge is 0.231 e. The molecule has 0 spiro atoms. The number of sulfonamides is 1. The zero-order chi connectivity index (χ0) is 20.9. The minimum absolute atomic E-state index is 0.267. The van der Waals surface area contributed by atoms with Crippen LogP contribution in [0.15, 0.2) is 48.5 Å². The van der Waals surface area contributed by atoms with Crippen molar-refractivity contribution < 1.29 is 13.2 Å². The van der Waals surface area contributed by atoms with Crippen LogP contribution in [0.4, 0.5) is 5.82 Å². The van der Waals surface area contributed by atoms with Crippen molar-refractivity contribution in [2.24, 2.45) is 5.92 Å². The first kappa shape index (κ1) is 18.9. The minimum atomic E-state index is -3.51. The molecule has 0 bridgehead atoms. The number of ether oxygens (including phenoxy) is 1. The van der Waals surface area contributed by atoms with Crippen molar-refractivity contribution in [1.29, 1.82) is 0 Å². The van der Waals surface area contributed by atoms with E-state index in [0.29, 0.717) is 29.3 Å². The number of aryl methyl sites for hydroxylation is 1. The van der Waals surface area contributed by atoms with Crippen molar-refractivity contribution in [2.75, 3.05) is 17.6 Å². The van der Waals surface area contributed by atoms with Crippen LogP contribution >= 0.6 is 0 Å². The van der Waals surface area contributed by atoms with Crippen LogP contribution in [-0.2, 0) is 10.0 Å². The fourth-order valence-corrected chi connectivity index (χ4v) is 4.10. The van der Waals surface area contributed by atoms with Gasteiger partial charge in [0, 0.05) is 11.6 Å². The number of fused-ring (bicyclic) bond motifs is 3. The molecule has 7 nitrogen and oxygen atoms in total. The van der Waals surface area contributed by atoms with Crippen LogP contribution < -0.4 is 9.46 Å². The summed E-state index contributed by atoms with van der Waals surface area (Å²) in [5.41, 5.74) is 3.73. The largest absolute Gasteiger partial charge is 0.493 e. The highest BCUT2D eigenvalue weighted by Gasteiger charge is 2.23. The fraction of sp³-hybridized carbons (Fsp3) is 0.273. The van der Waals surface area contributed by atoms with Gasteiger partial charge in [-0.2, -0.15) is 0 Å². The van der Waals surface area contributed by atoms with Gasteiger partial charge in [-0.25, -0.2) is 18.4 Å². The molecule has 0 amide bonds. The first-order valence-electron chi connectivity index (χ1n) is 9.88. The van der Waals surface area contributed by atoms with Gasteiger partial charge in [0.15, 0.2) is 5.82 Å². The van der Waals surface area contributed by atoms with Gasteiger partial charge in [0.25, 0.3) is 0 Å². The second-order valence-corrected chi connectivity index (χ2v) is 9.56. The molecule has 1 fully saturated rings. The Balaban J connectivity index is 1.78. The molecule has 0 saturated heterocycles. The van der Waals surface area contributed by atoms with E-state index in [1.54, 1.807) is 0 Å². The number of anilines is 1. The molecule has 1 aliphatic rings. The summed E-state index contributed by atoms with van der Waals surface area (Å²) in [7, 11) is -3.51. The van der Waals surface area contributed by atoms with Gasteiger partial charge in [-0.3, -0.25) is 9.12 Å². The maximum Gasteiger partial charge on any atom is 0.231 e. The molecule has 0 aliphatic heterocycles. The molecular formula is C22H22N4O3S. The van der Waals surface area contributed by atoms with Gasteiger partial charge in [-0.1, -0.05) is 30.3 Å². The second kappa shape index (κ2) is 6.98. The predicted molar refractivity (Wildman–Crippen MR) is 117 cm³/mol. The minimum Gasteiger partial charge on any atom is -0.493 e. The molecular weight excluding hydrogens is 400 g/mol. The maximum absolute atomic E-state index is 12.0. The monoisotopic (exact) mass is 422 g/mol. The number of benzene rings is 2. The first-order chi connectivity index (χ1) is 14.4. The van der Waals surface area contributed by atoms with Gasteiger partial charge in [0.2, 0.25) is 10.0 Å². The molecule has 2 aromatic carbocycles. The van der Waals surface area contributed by atoms with Gasteiger partial charge in [0.05, 0.1) is 29.6 Å². The Morgan fingerprint density at radius 1 is 1.13 bits per heavy atom. The molecule has 5 rings (SSSR count). The van der Waals surface area contributed by atoms with Crippen molar-refractivity contribution in [2.45, 2.75) is 19.8 Å². The Morgan fingerprint density at radius 3 is 2.60 bits per heavy atom. The van der Waals surface area contributed by atoms with Crippen molar-refractivity contribution in [1.82, 2.24) is 14.4 Å². The molecule has 0 atom stereocenters. The molecule has 4 aromatic rings. The van der Waals surface area contributed by atoms with E-state index in [1.165, 1.54) is 12.8 Å². The Bertz CT molecular complexity index is 1360. The van der Waals surface area contributed by atoms with Gasteiger partial charge in [-0.15, -0.1) is 0 Å². The number of nitrogens with zero attached hydrogens (tertiary/aromatic N) is 3. The van der Waals surface area contributed by atoms with Gasteiger partial charge >= 0.3 is 0 Å². The zero-order valence-corrected chi connectivity index (χ0v) is 17.6. The predicted octanol–water partition coefficient (Wildman–Crippen LogP) is 4.02. The van der Waals surface area contributed by atoms with Crippen molar-refractivity contribution >= 4 is 32.4 Å². The summed E-state index contributed by atoms with van der Waals surface area (Å²) in [6.07, 6.45) is 3.56. The van der Waals surface area contributed by atoms with E-state index in [9.17, 15) is 8.42 Å². The fourth-order valence-electron chi connectivity index (χ4n) is 3.61. The molecule has 1 N–H and O–H groups in total. The third-order valence-corrected chi connectivity index (χ3v) is 5.76. The van der Waals surface area contributed by atoms with E-state index in [0.717, 1.165) is 28.9 Å². The average Bonchev–Trinajstić information content (AvgIpc) is 3.47. The quantitative estimate of drug-likeness (QED) is 0.507. The lowest BCUT2D eigenvalue weighted by Crippen LogP contribution is -2.12. The number of hydrogen-bond donors (Lipinski definition) is 1. The van der Waals surface area contributed by atoms with Crippen molar-refractivity contribution in [3.63, 3.8) is 0 Å². The SMILES string of the molecule is Cc1nc(-c2ccccc2)n2c1c(NS(C)(=O)=O)nc1ccc(OCC3CC3)cc12. The highest BCUT2D eigenvalue weighted by Crippen LogP contribution is 2.34. The van der Waals surface area contributed by atoms with Crippen LogP contribution in [0, 0.1) is 12.8 Å². The van der Waals surface area contributed by atoms with Crippen LogP contribution in [0.5, 0.6) is 5.75 Å². The van der Waals surface area contributed by atoms with E-state index >= 15 is 0 Å². The topological polar surface area (TPSA) is 85.6 Å². The molecule has 0 radical (unpaired) electrons. The summed E-state index contributed by atoms with van der Waals surface area (Å²) in [5, 5.41) is 0. The summed E-state index contributed by atoms with van der Waals surface area (Å²) in [6, 6.07) is 15.5. The normalized spacial score (nSPS) is 14.3. The molecule has 154 valence electrons. The van der Waals surface area contributed by atoms with E-state index in [-0.39, 0.29) is 5.82 Å². The molecule has 0 unspecified atom stereocenters. The Labute approximate surface area is 174 Å². The summed E-state index contributed by atoms with van der Waals surface area (Å²) in [5.74, 6) is 2.41. The number of aromatic nitrogens is 3. The molecule has 1 aliphatic carbocycles. The standard InChI is InChI=1S/C22H22N4O3S/c1-14-20-21(25-30(2,27)28)24-18-11-10-17(29-13-15-8-9-15)12-19(18)26(20)22(23-14)16-6-4-3-5-7-16/h3-7,10-12,15H,8-9,13H2,1-2H3,(H,24,25). The van der Waals surface area contributed by atoms with Gasteiger partial charge in [-0.05, 0) is 37.8 Å². The van der Waals surface area contributed by atoms with Crippen LogP contribution in [0.1, 0.15) is 18.5 Å². The Hall–Kier alpha value is -3.13. The van der Waals surface area contributed by atoms with E-state index in [2.05, 4.69) is 9.71 Å². The lowest BCUT2D eigenvalue weighted by molar-refractivity contribution is 0.300. The number of rotatable bonds is 6. The molecule has 30 heavy (non-hydrogen) atoms. The first-order valence-corrected chi connectivity index (χ1v) is 11.8. The number of hydrogen-bond acceptors (Lipinski definition) is 5. The van der Waals surface area contributed by atoms with E-state index < -0.39 is 10.0 Å². The van der Waals surface area contributed by atoms with Crippen LogP contribution in [0.2, 0.25) is 0 Å². The lowest BCUT2D eigenvalue weighted by atomic mass is 10.2. The summed E-state index contributed by atoms with van der Waals surface area (Å²) >= 11 is 0. The molecule has 1 saturated carbocycles. The lowest BCUT2D eigenvalue weighted by Gasteiger charge is -2.13. The molecule has 2 heterocycles.